The Hall–Kier alpha value is -2.15. The van der Waals surface area contributed by atoms with Crippen molar-refractivity contribution in [2.24, 2.45) is 0 Å². The van der Waals surface area contributed by atoms with Crippen molar-refractivity contribution in [1.29, 1.82) is 0 Å². The van der Waals surface area contributed by atoms with Gasteiger partial charge in [-0.1, -0.05) is 141 Å². The van der Waals surface area contributed by atoms with Gasteiger partial charge in [0.15, 0.2) is 6.10 Å². The lowest BCUT2D eigenvalue weighted by molar-refractivity contribution is -0.870. The largest absolute Gasteiger partial charge is 0.462 e. The fourth-order valence-electron chi connectivity index (χ4n) is 6.25. The summed E-state index contributed by atoms with van der Waals surface area (Å²) < 4.78 is 17.4. The molecule has 0 spiro atoms. The summed E-state index contributed by atoms with van der Waals surface area (Å²) in [6.45, 7) is 5.19. The molecule has 1 atom stereocenters. The van der Waals surface area contributed by atoms with Crippen LogP contribution < -0.4 is 0 Å². The number of rotatable bonds is 39. The molecule has 53 heavy (non-hydrogen) atoms. The standard InChI is InChI=1S/C46H86NO6/c1-6-8-10-12-14-16-18-20-22-24-26-28-30-32-34-37-44(48)51-41-43(42-52-45(49)39-36-40-47(3,4)5)53-46(50)38-35-33-31-29-27-25-23-21-19-17-15-13-11-9-7-2/h20-23,43H,6-19,24-42H2,1-5H3/q+1/b22-20-,23-21-. The average molecular weight is 749 g/mol. The molecule has 0 amide bonds. The summed E-state index contributed by atoms with van der Waals surface area (Å²) in [6.07, 6.45) is 41.5. The third-order valence-electron chi connectivity index (χ3n) is 9.65. The van der Waals surface area contributed by atoms with Crippen LogP contribution in [0.2, 0.25) is 0 Å². The third-order valence-corrected chi connectivity index (χ3v) is 9.65. The molecule has 0 rings (SSSR count). The molecule has 0 N–H and O–H groups in total. The molecule has 0 aromatic heterocycles. The molecule has 0 aromatic carbocycles. The lowest BCUT2D eigenvalue weighted by Crippen LogP contribution is -2.35. The molecule has 0 aliphatic carbocycles. The number of quaternary nitrogens is 1. The number of esters is 3. The Labute approximate surface area is 328 Å². The molecule has 7 nitrogen and oxygen atoms in total. The van der Waals surface area contributed by atoms with Gasteiger partial charge in [-0.25, -0.2) is 0 Å². The minimum absolute atomic E-state index is 0.0891. The third kappa shape index (κ3) is 40.9. The highest BCUT2D eigenvalue weighted by Crippen LogP contribution is 2.13. The number of nitrogens with zero attached hydrogens (tertiary/aromatic N) is 1. The van der Waals surface area contributed by atoms with Crippen LogP contribution in [0.25, 0.3) is 0 Å². The van der Waals surface area contributed by atoms with E-state index in [1.165, 1.54) is 109 Å². The zero-order chi connectivity index (χ0) is 39.1. The summed E-state index contributed by atoms with van der Waals surface area (Å²) >= 11 is 0. The van der Waals surface area contributed by atoms with Crippen molar-refractivity contribution in [2.45, 2.75) is 213 Å². The topological polar surface area (TPSA) is 78.9 Å². The monoisotopic (exact) mass is 749 g/mol. The number of allylic oxidation sites excluding steroid dienone is 4. The van der Waals surface area contributed by atoms with Crippen molar-refractivity contribution in [3.05, 3.63) is 24.3 Å². The average Bonchev–Trinajstić information content (AvgIpc) is 3.12. The number of ether oxygens (including phenoxy) is 3. The lowest BCUT2D eigenvalue weighted by Gasteiger charge is -2.23. The summed E-state index contributed by atoms with van der Waals surface area (Å²) in [7, 11) is 6.26. The number of carbonyl (C=O) groups is 3. The number of carbonyl (C=O) groups excluding carboxylic acids is 3. The Morgan fingerprint density at radius 3 is 1.13 bits per heavy atom. The van der Waals surface area contributed by atoms with Crippen molar-refractivity contribution >= 4 is 17.9 Å². The first kappa shape index (κ1) is 50.9. The summed E-state index contributed by atoms with van der Waals surface area (Å²) in [5, 5.41) is 0. The van der Waals surface area contributed by atoms with E-state index in [1.54, 1.807) is 0 Å². The normalized spacial score (nSPS) is 12.5. The maximum Gasteiger partial charge on any atom is 0.306 e. The minimum Gasteiger partial charge on any atom is -0.462 e. The van der Waals surface area contributed by atoms with E-state index in [0.29, 0.717) is 25.7 Å². The van der Waals surface area contributed by atoms with Gasteiger partial charge < -0.3 is 18.7 Å². The van der Waals surface area contributed by atoms with E-state index in [0.717, 1.165) is 68.8 Å². The fraction of sp³-hybridized carbons (Fsp3) is 0.848. The molecule has 7 heteroatoms. The Kier molecular flexibility index (Phi) is 36.6. The molecule has 0 saturated heterocycles. The molecule has 310 valence electrons. The second-order valence-corrected chi connectivity index (χ2v) is 16.3. The van der Waals surface area contributed by atoms with Gasteiger partial charge in [-0.2, -0.15) is 0 Å². The molecule has 1 unspecified atom stereocenters. The Morgan fingerprint density at radius 1 is 0.434 bits per heavy atom. The van der Waals surface area contributed by atoms with Gasteiger partial charge in [0.05, 0.1) is 34.1 Å². The quantitative estimate of drug-likeness (QED) is 0.0205. The maximum atomic E-state index is 12.7. The highest BCUT2D eigenvalue weighted by Gasteiger charge is 2.20. The van der Waals surface area contributed by atoms with E-state index in [-0.39, 0.29) is 31.1 Å². The smallest absolute Gasteiger partial charge is 0.306 e. The SMILES string of the molecule is CCCCCCCC/C=C\CCCCCCCC(=O)OCC(COC(=O)CCC[N+](C)(C)C)OC(=O)CCCCCCC/C=C\CCCCCCCC. The fourth-order valence-corrected chi connectivity index (χ4v) is 6.25. The van der Waals surface area contributed by atoms with Crippen LogP contribution in [0.3, 0.4) is 0 Å². The first-order valence-electron chi connectivity index (χ1n) is 22.3. The summed E-state index contributed by atoms with van der Waals surface area (Å²) in [4.78, 5) is 37.5. The van der Waals surface area contributed by atoms with E-state index in [2.05, 4.69) is 59.3 Å². The van der Waals surface area contributed by atoms with E-state index in [4.69, 9.17) is 14.2 Å². The van der Waals surface area contributed by atoms with Gasteiger partial charge in [-0.05, 0) is 64.2 Å². The minimum atomic E-state index is -0.786. The molecule has 0 saturated carbocycles. The van der Waals surface area contributed by atoms with Gasteiger partial charge in [0.25, 0.3) is 0 Å². The highest BCUT2D eigenvalue weighted by molar-refractivity contribution is 5.71. The second kappa shape index (κ2) is 38.1. The Bertz CT molecular complexity index is 908. The van der Waals surface area contributed by atoms with Gasteiger partial charge in [0, 0.05) is 19.3 Å². The van der Waals surface area contributed by atoms with Crippen molar-refractivity contribution in [1.82, 2.24) is 0 Å². The molecule has 0 aromatic rings. The van der Waals surface area contributed by atoms with Gasteiger partial charge >= 0.3 is 17.9 Å². The van der Waals surface area contributed by atoms with Crippen LogP contribution >= 0.6 is 0 Å². The lowest BCUT2D eigenvalue weighted by atomic mass is 10.1. The van der Waals surface area contributed by atoms with Crippen LogP contribution in [0.4, 0.5) is 0 Å². The molecular weight excluding hydrogens is 663 g/mol. The van der Waals surface area contributed by atoms with Crippen LogP contribution in [-0.4, -0.2) is 69.4 Å². The maximum absolute atomic E-state index is 12.7. The first-order valence-corrected chi connectivity index (χ1v) is 22.3. The van der Waals surface area contributed by atoms with Crippen LogP contribution in [-0.2, 0) is 28.6 Å². The first-order chi connectivity index (χ1) is 25.7. The van der Waals surface area contributed by atoms with Gasteiger partial charge in [0.2, 0.25) is 0 Å². The van der Waals surface area contributed by atoms with Gasteiger partial charge in [0.1, 0.15) is 13.2 Å². The number of hydrogen-bond acceptors (Lipinski definition) is 6. The van der Waals surface area contributed by atoms with Crippen molar-refractivity contribution in [2.75, 3.05) is 40.9 Å². The van der Waals surface area contributed by atoms with Crippen LogP contribution in [0.15, 0.2) is 24.3 Å². The molecule has 0 bridgehead atoms. The van der Waals surface area contributed by atoms with Gasteiger partial charge in [-0.3, -0.25) is 14.4 Å². The molecule has 0 radical (unpaired) electrons. The van der Waals surface area contributed by atoms with E-state index < -0.39 is 6.10 Å². The predicted octanol–water partition coefficient (Wildman–Crippen LogP) is 12.5. The number of hydrogen-bond donors (Lipinski definition) is 0. The molecule has 0 aliphatic heterocycles. The summed E-state index contributed by atoms with van der Waals surface area (Å²) in [5.41, 5.74) is 0. The second-order valence-electron chi connectivity index (χ2n) is 16.3. The Morgan fingerprint density at radius 2 is 0.755 bits per heavy atom. The van der Waals surface area contributed by atoms with E-state index in [1.807, 2.05) is 0 Å². The summed E-state index contributed by atoms with van der Waals surface area (Å²) in [5.74, 6) is -0.950. The zero-order valence-corrected chi connectivity index (χ0v) is 35.6. The predicted molar refractivity (Wildman–Crippen MR) is 223 cm³/mol. The summed E-state index contributed by atoms with van der Waals surface area (Å²) in [6, 6.07) is 0. The zero-order valence-electron chi connectivity index (χ0n) is 35.6. The van der Waals surface area contributed by atoms with Crippen molar-refractivity contribution < 1.29 is 33.1 Å². The van der Waals surface area contributed by atoms with Crippen LogP contribution in [0.5, 0.6) is 0 Å². The molecule has 0 aliphatic rings. The van der Waals surface area contributed by atoms with Crippen molar-refractivity contribution in [3.8, 4) is 0 Å². The van der Waals surface area contributed by atoms with Crippen molar-refractivity contribution in [3.63, 3.8) is 0 Å². The highest BCUT2D eigenvalue weighted by atomic mass is 16.6. The Balaban J connectivity index is 4.27. The van der Waals surface area contributed by atoms with E-state index in [9.17, 15) is 14.4 Å². The van der Waals surface area contributed by atoms with Gasteiger partial charge in [-0.15, -0.1) is 0 Å². The molecule has 0 fully saturated rings. The van der Waals surface area contributed by atoms with E-state index >= 15 is 0 Å². The molecule has 0 heterocycles. The van der Waals surface area contributed by atoms with Crippen LogP contribution in [0, 0.1) is 0 Å². The molecular formula is C46H86NO6+. The van der Waals surface area contributed by atoms with Crippen LogP contribution in [0.1, 0.15) is 206 Å². The number of unbranched alkanes of at least 4 members (excludes halogenated alkanes) is 22.